The van der Waals surface area contributed by atoms with Gasteiger partial charge in [0.2, 0.25) is 0 Å². The van der Waals surface area contributed by atoms with Crippen molar-refractivity contribution < 1.29 is 9.13 Å². The topological polar surface area (TPSA) is 21.3 Å². The van der Waals surface area contributed by atoms with Crippen molar-refractivity contribution in [3.8, 4) is 5.75 Å². The smallest absolute Gasteiger partial charge is 0.167 e. The van der Waals surface area contributed by atoms with E-state index in [0.29, 0.717) is 5.75 Å². The third-order valence-corrected chi connectivity index (χ3v) is 2.32. The maximum absolute atomic E-state index is 13.2. The highest BCUT2D eigenvalue weighted by Gasteiger charge is 2.12. The Balaban J connectivity index is 2.44. The predicted octanol–water partition coefficient (Wildman–Crippen LogP) is 2.19. The van der Waals surface area contributed by atoms with Gasteiger partial charge in [-0.25, -0.2) is 4.39 Å². The summed E-state index contributed by atoms with van der Waals surface area (Å²) in [5.74, 6) is 0.0399. The van der Waals surface area contributed by atoms with Gasteiger partial charge in [0.05, 0.1) is 7.11 Å². The third kappa shape index (κ3) is 1.46. The molecule has 0 unspecified atom stereocenters. The van der Waals surface area contributed by atoms with Crippen LogP contribution in [0.5, 0.6) is 5.75 Å². The molecule has 1 N–H and O–H groups in total. The Hall–Kier alpha value is -1.25. The Kier molecular flexibility index (Phi) is 2.08. The first-order chi connectivity index (χ1) is 6.31. The molecular formula is C10H12FNO. The number of methoxy groups -OCH3 is 1. The molecule has 1 aromatic rings. The van der Waals surface area contributed by atoms with Crippen LogP contribution in [0.25, 0.3) is 0 Å². The van der Waals surface area contributed by atoms with Crippen LogP contribution >= 0.6 is 0 Å². The molecule has 1 aliphatic rings. The van der Waals surface area contributed by atoms with E-state index in [1.165, 1.54) is 13.2 Å². The van der Waals surface area contributed by atoms with Crippen LogP contribution in [0, 0.1) is 5.82 Å². The van der Waals surface area contributed by atoms with Gasteiger partial charge in [0, 0.05) is 18.3 Å². The molecular weight excluding hydrogens is 169 g/mol. The first-order valence-electron chi connectivity index (χ1n) is 4.41. The summed E-state index contributed by atoms with van der Waals surface area (Å²) in [5.41, 5.74) is 2.05. The van der Waals surface area contributed by atoms with Gasteiger partial charge in [-0.1, -0.05) is 0 Å². The molecule has 1 heterocycles. The van der Waals surface area contributed by atoms with E-state index in [4.69, 9.17) is 4.74 Å². The number of aryl methyl sites for hydroxylation is 1. The minimum Gasteiger partial charge on any atom is -0.494 e. The molecule has 0 fully saturated rings. The predicted molar refractivity (Wildman–Crippen MR) is 49.8 cm³/mol. The number of ether oxygens (including phenoxy) is 1. The minimum atomic E-state index is -0.296. The molecule has 0 saturated carbocycles. The molecule has 0 aromatic heterocycles. The first kappa shape index (κ1) is 8.35. The van der Waals surface area contributed by atoms with Crippen molar-refractivity contribution >= 4 is 5.69 Å². The molecule has 0 radical (unpaired) electrons. The summed E-state index contributed by atoms with van der Waals surface area (Å²) >= 11 is 0. The molecule has 13 heavy (non-hydrogen) atoms. The fraction of sp³-hybridized carbons (Fsp3) is 0.400. The standard InChI is InChI=1S/C10H12FNO/c1-13-10-5-7-3-2-4-12-9(7)6-8(10)11/h5-6,12H,2-4H2,1H3. The van der Waals surface area contributed by atoms with E-state index in [-0.39, 0.29) is 5.82 Å². The molecule has 0 bridgehead atoms. The second kappa shape index (κ2) is 3.24. The second-order valence-electron chi connectivity index (χ2n) is 3.17. The summed E-state index contributed by atoms with van der Waals surface area (Å²) < 4.78 is 18.1. The second-order valence-corrected chi connectivity index (χ2v) is 3.17. The molecule has 1 aliphatic heterocycles. The van der Waals surface area contributed by atoms with Crippen LogP contribution < -0.4 is 10.1 Å². The molecule has 0 spiro atoms. The molecule has 1 aromatic carbocycles. The Morgan fingerprint density at radius 1 is 1.46 bits per heavy atom. The van der Waals surface area contributed by atoms with E-state index in [1.54, 1.807) is 6.07 Å². The third-order valence-electron chi connectivity index (χ3n) is 2.32. The van der Waals surface area contributed by atoms with Crippen molar-refractivity contribution in [2.45, 2.75) is 12.8 Å². The molecule has 0 amide bonds. The number of rotatable bonds is 1. The summed E-state index contributed by atoms with van der Waals surface area (Å²) in [4.78, 5) is 0. The van der Waals surface area contributed by atoms with Gasteiger partial charge in [-0.3, -0.25) is 0 Å². The highest BCUT2D eigenvalue weighted by molar-refractivity contribution is 5.56. The zero-order chi connectivity index (χ0) is 9.26. The van der Waals surface area contributed by atoms with Crippen molar-refractivity contribution in [1.29, 1.82) is 0 Å². The average molecular weight is 181 g/mol. The maximum atomic E-state index is 13.2. The van der Waals surface area contributed by atoms with Crippen molar-refractivity contribution in [2.75, 3.05) is 19.0 Å². The first-order valence-corrected chi connectivity index (χ1v) is 4.41. The Morgan fingerprint density at radius 2 is 2.31 bits per heavy atom. The van der Waals surface area contributed by atoms with Crippen LogP contribution in [-0.4, -0.2) is 13.7 Å². The molecule has 2 nitrogen and oxygen atoms in total. The fourth-order valence-electron chi connectivity index (χ4n) is 1.63. The van der Waals surface area contributed by atoms with Crippen LogP contribution in [0.2, 0.25) is 0 Å². The molecule has 0 saturated heterocycles. The quantitative estimate of drug-likeness (QED) is 0.717. The molecule has 70 valence electrons. The lowest BCUT2D eigenvalue weighted by Crippen LogP contribution is -2.12. The van der Waals surface area contributed by atoms with Gasteiger partial charge < -0.3 is 10.1 Å². The normalized spacial score (nSPS) is 14.6. The average Bonchev–Trinajstić information content (AvgIpc) is 2.17. The van der Waals surface area contributed by atoms with Crippen molar-refractivity contribution in [2.24, 2.45) is 0 Å². The summed E-state index contributed by atoms with van der Waals surface area (Å²) in [6, 6.07) is 3.28. The largest absolute Gasteiger partial charge is 0.494 e. The van der Waals surface area contributed by atoms with Gasteiger partial charge in [0.15, 0.2) is 11.6 Å². The lowest BCUT2D eigenvalue weighted by Gasteiger charge is -2.18. The lowest BCUT2D eigenvalue weighted by molar-refractivity contribution is 0.386. The van der Waals surface area contributed by atoms with E-state index < -0.39 is 0 Å². The summed E-state index contributed by atoms with van der Waals surface area (Å²) in [7, 11) is 1.49. The van der Waals surface area contributed by atoms with Crippen LogP contribution in [0.15, 0.2) is 12.1 Å². The van der Waals surface area contributed by atoms with Gasteiger partial charge in [-0.05, 0) is 24.5 Å². The minimum absolute atomic E-state index is 0.296. The Labute approximate surface area is 76.7 Å². The van der Waals surface area contributed by atoms with Crippen LogP contribution in [-0.2, 0) is 6.42 Å². The highest BCUT2D eigenvalue weighted by Crippen LogP contribution is 2.28. The molecule has 0 aliphatic carbocycles. The maximum Gasteiger partial charge on any atom is 0.167 e. The van der Waals surface area contributed by atoms with Crippen LogP contribution in [0.3, 0.4) is 0 Å². The Morgan fingerprint density at radius 3 is 3.08 bits per heavy atom. The molecule has 0 atom stereocenters. The SMILES string of the molecule is COc1cc2c(cc1F)NCCC2. The number of hydrogen-bond acceptors (Lipinski definition) is 2. The number of hydrogen-bond donors (Lipinski definition) is 1. The lowest BCUT2D eigenvalue weighted by atomic mass is 10.0. The fourth-order valence-corrected chi connectivity index (χ4v) is 1.63. The van der Waals surface area contributed by atoms with Crippen LogP contribution in [0.1, 0.15) is 12.0 Å². The summed E-state index contributed by atoms with van der Waals surface area (Å²) in [6.45, 7) is 0.929. The number of anilines is 1. The van der Waals surface area contributed by atoms with Gasteiger partial charge in [-0.15, -0.1) is 0 Å². The van der Waals surface area contributed by atoms with Crippen molar-refractivity contribution in [3.05, 3.63) is 23.5 Å². The van der Waals surface area contributed by atoms with E-state index in [1.807, 2.05) is 0 Å². The van der Waals surface area contributed by atoms with Gasteiger partial charge in [0.1, 0.15) is 0 Å². The number of benzene rings is 1. The number of fused-ring (bicyclic) bond motifs is 1. The van der Waals surface area contributed by atoms with Gasteiger partial charge >= 0.3 is 0 Å². The number of nitrogens with one attached hydrogen (secondary N) is 1. The zero-order valence-corrected chi connectivity index (χ0v) is 7.56. The van der Waals surface area contributed by atoms with E-state index in [9.17, 15) is 4.39 Å². The zero-order valence-electron chi connectivity index (χ0n) is 7.56. The van der Waals surface area contributed by atoms with E-state index in [0.717, 1.165) is 30.6 Å². The highest BCUT2D eigenvalue weighted by atomic mass is 19.1. The van der Waals surface area contributed by atoms with Crippen LogP contribution in [0.4, 0.5) is 10.1 Å². The number of halogens is 1. The molecule has 3 heteroatoms. The Bertz CT molecular complexity index is 325. The van der Waals surface area contributed by atoms with E-state index >= 15 is 0 Å². The van der Waals surface area contributed by atoms with E-state index in [2.05, 4.69) is 5.32 Å². The molecule has 2 rings (SSSR count). The summed E-state index contributed by atoms with van der Waals surface area (Å²) in [6.07, 6.45) is 2.10. The summed E-state index contributed by atoms with van der Waals surface area (Å²) in [5, 5.41) is 3.16. The van der Waals surface area contributed by atoms with Crippen molar-refractivity contribution in [3.63, 3.8) is 0 Å². The van der Waals surface area contributed by atoms with Gasteiger partial charge in [0.25, 0.3) is 0 Å². The monoisotopic (exact) mass is 181 g/mol. The van der Waals surface area contributed by atoms with Crippen molar-refractivity contribution in [1.82, 2.24) is 0 Å². The van der Waals surface area contributed by atoms with Gasteiger partial charge in [-0.2, -0.15) is 0 Å².